The molecule has 0 radical (unpaired) electrons. The Morgan fingerprint density at radius 2 is 1.91 bits per heavy atom. The Morgan fingerprint density at radius 3 is 2.69 bits per heavy atom. The SMILES string of the molecule is O=C(Nc1nc(-c2ccc3c(c2)CCN3C(=O)c2ccc(F)cc2)cs1)c1ccccn1. The number of anilines is 2. The lowest BCUT2D eigenvalue weighted by atomic mass is 10.1. The van der Waals surface area contributed by atoms with E-state index in [1.165, 1.54) is 35.6 Å². The molecule has 2 amide bonds. The maximum atomic E-state index is 13.2. The summed E-state index contributed by atoms with van der Waals surface area (Å²) in [4.78, 5) is 35.4. The van der Waals surface area contributed by atoms with Gasteiger partial charge in [-0.25, -0.2) is 9.37 Å². The molecule has 1 aliphatic heterocycles. The summed E-state index contributed by atoms with van der Waals surface area (Å²) in [5, 5.41) is 5.14. The van der Waals surface area contributed by atoms with Crippen molar-refractivity contribution in [1.82, 2.24) is 9.97 Å². The lowest BCUT2D eigenvalue weighted by Gasteiger charge is -2.17. The zero-order valence-electron chi connectivity index (χ0n) is 16.8. The van der Waals surface area contributed by atoms with Crippen molar-refractivity contribution < 1.29 is 14.0 Å². The Hall–Kier alpha value is -3.91. The molecule has 1 aliphatic rings. The summed E-state index contributed by atoms with van der Waals surface area (Å²) in [6.45, 7) is 0.567. The van der Waals surface area contributed by atoms with Crippen LogP contribution in [-0.4, -0.2) is 28.3 Å². The second kappa shape index (κ2) is 8.32. The molecule has 4 aromatic rings. The number of benzene rings is 2. The average molecular weight is 444 g/mol. The zero-order chi connectivity index (χ0) is 22.1. The van der Waals surface area contributed by atoms with E-state index in [0.717, 1.165) is 28.9 Å². The normalized spacial score (nSPS) is 12.5. The highest BCUT2D eigenvalue weighted by atomic mass is 32.1. The number of halogens is 1. The number of rotatable bonds is 4. The Labute approximate surface area is 187 Å². The highest BCUT2D eigenvalue weighted by Crippen LogP contribution is 2.34. The topological polar surface area (TPSA) is 75.2 Å². The minimum Gasteiger partial charge on any atom is -0.308 e. The molecule has 158 valence electrons. The van der Waals surface area contributed by atoms with E-state index in [2.05, 4.69) is 15.3 Å². The zero-order valence-corrected chi connectivity index (χ0v) is 17.6. The van der Waals surface area contributed by atoms with Crippen molar-refractivity contribution in [2.75, 3.05) is 16.8 Å². The van der Waals surface area contributed by atoms with Gasteiger partial charge in [-0.1, -0.05) is 12.1 Å². The summed E-state index contributed by atoms with van der Waals surface area (Å²) < 4.78 is 13.2. The predicted octanol–water partition coefficient (Wildman–Crippen LogP) is 4.80. The van der Waals surface area contributed by atoms with Gasteiger partial charge < -0.3 is 4.90 Å². The fourth-order valence-corrected chi connectivity index (χ4v) is 4.36. The van der Waals surface area contributed by atoms with Crippen molar-refractivity contribution >= 4 is 34.0 Å². The van der Waals surface area contributed by atoms with Gasteiger partial charge in [-0.2, -0.15) is 0 Å². The van der Waals surface area contributed by atoms with E-state index in [4.69, 9.17) is 0 Å². The van der Waals surface area contributed by atoms with E-state index in [1.54, 1.807) is 29.3 Å². The minimum atomic E-state index is -0.369. The molecule has 5 rings (SSSR count). The van der Waals surface area contributed by atoms with Gasteiger partial charge in [-0.15, -0.1) is 11.3 Å². The van der Waals surface area contributed by atoms with E-state index in [-0.39, 0.29) is 17.6 Å². The number of nitrogens with one attached hydrogen (secondary N) is 1. The van der Waals surface area contributed by atoms with Crippen LogP contribution in [0.5, 0.6) is 0 Å². The average Bonchev–Trinajstić information content (AvgIpc) is 3.46. The number of aromatic nitrogens is 2. The number of fused-ring (bicyclic) bond motifs is 1. The van der Waals surface area contributed by atoms with Gasteiger partial charge in [-0.3, -0.25) is 19.9 Å². The first-order valence-electron chi connectivity index (χ1n) is 9.97. The molecule has 0 spiro atoms. The van der Waals surface area contributed by atoms with Gasteiger partial charge >= 0.3 is 0 Å². The van der Waals surface area contributed by atoms with Gasteiger partial charge in [0.1, 0.15) is 11.5 Å². The van der Waals surface area contributed by atoms with E-state index < -0.39 is 0 Å². The van der Waals surface area contributed by atoms with Crippen LogP contribution in [0.1, 0.15) is 26.4 Å². The molecule has 0 aliphatic carbocycles. The number of carbonyl (C=O) groups excluding carboxylic acids is 2. The number of hydrogen-bond donors (Lipinski definition) is 1. The Bertz CT molecular complexity index is 1310. The number of nitrogens with zero attached hydrogens (tertiary/aromatic N) is 3. The van der Waals surface area contributed by atoms with Crippen molar-refractivity contribution in [3.05, 3.63) is 94.9 Å². The van der Waals surface area contributed by atoms with Crippen LogP contribution in [0.4, 0.5) is 15.2 Å². The molecule has 3 heterocycles. The highest BCUT2D eigenvalue weighted by Gasteiger charge is 2.26. The summed E-state index contributed by atoms with van der Waals surface area (Å²) in [5.41, 5.74) is 4.34. The van der Waals surface area contributed by atoms with Gasteiger partial charge in [0.2, 0.25) is 0 Å². The summed E-state index contributed by atoms with van der Waals surface area (Å²) in [6.07, 6.45) is 2.29. The molecular formula is C24H17FN4O2S. The standard InChI is InChI=1S/C24H17FN4O2S/c25-18-7-4-15(5-8-18)23(31)29-12-10-17-13-16(6-9-21(17)29)20-14-32-24(27-20)28-22(30)19-3-1-2-11-26-19/h1-9,11,13-14H,10,12H2,(H,27,28,30). The minimum absolute atomic E-state index is 0.148. The summed E-state index contributed by atoms with van der Waals surface area (Å²) >= 11 is 1.34. The number of pyridine rings is 1. The second-order valence-corrected chi connectivity index (χ2v) is 8.12. The number of hydrogen-bond acceptors (Lipinski definition) is 5. The monoisotopic (exact) mass is 444 g/mol. The molecular weight excluding hydrogens is 427 g/mol. The lowest BCUT2D eigenvalue weighted by Crippen LogP contribution is -2.28. The lowest BCUT2D eigenvalue weighted by molar-refractivity contribution is 0.0987. The molecule has 32 heavy (non-hydrogen) atoms. The predicted molar refractivity (Wildman–Crippen MR) is 122 cm³/mol. The van der Waals surface area contributed by atoms with Crippen LogP contribution in [0.3, 0.4) is 0 Å². The van der Waals surface area contributed by atoms with E-state index >= 15 is 0 Å². The molecule has 0 unspecified atom stereocenters. The van der Waals surface area contributed by atoms with Crippen molar-refractivity contribution in [3.8, 4) is 11.3 Å². The van der Waals surface area contributed by atoms with Gasteiger partial charge in [0, 0.05) is 34.9 Å². The van der Waals surface area contributed by atoms with Crippen LogP contribution in [0, 0.1) is 5.82 Å². The van der Waals surface area contributed by atoms with Crippen molar-refractivity contribution in [3.63, 3.8) is 0 Å². The van der Waals surface area contributed by atoms with Crippen LogP contribution in [0.2, 0.25) is 0 Å². The Balaban J connectivity index is 1.33. The maximum absolute atomic E-state index is 13.2. The van der Waals surface area contributed by atoms with Crippen LogP contribution in [0.15, 0.2) is 72.2 Å². The third kappa shape index (κ3) is 3.88. The first kappa shape index (κ1) is 20.0. The van der Waals surface area contributed by atoms with Crippen LogP contribution < -0.4 is 10.2 Å². The molecule has 0 saturated heterocycles. The highest BCUT2D eigenvalue weighted by molar-refractivity contribution is 7.14. The third-order valence-corrected chi connectivity index (χ3v) is 5.99. The number of thiazole rings is 1. The van der Waals surface area contributed by atoms with Gasteiger partial charge in [0.25, 0.3) is 11.8 Å². The van der Waals surface area contributed by atoms with E-state index in [1.807, 2.05) is 23.6 Å². The van der Waals surface area contributed by atoms with Gasteiger partial charge in [0.15, 0.2) is 5.13 Å². The largest absolute Gasteiger partial charge is 0.308 e. The number of amides is 2. The van der Waals surface area contributed by atoms with Crippen LogP contribution >= 0.6 is 11.3 Å². The third-order valence-electron chi connectivity index (χ3n) is 5.23. The number of carbonyl (C=O) groups is 2. The molecule has 0 fully saturated rings. The molecule has 8 heteroatoms. The van der Waals surface area contributed by atoms with E-state index in [9.17, 15) is 14.0 Å². The molecule has 2 aromatic carbocycles. The van der Waals surface area contributed by atoms with E-state index in [0.29, 0.717) is 22.9 Å². The first-order valence-corrected chi connectivity index (χ1v) is 10.8. The summed E-state index contributed by atoms with van der Waals surface area (Å²) in [6, 6.07) is 16.6. The molecule has 0 atom stereocenters. The first-order chi connectivity index (χ1) is 15.6. The second-order valence-electron chi connectivity index (χ2n) is 7.26. The van der Waals surface area contributed by atoms with Crippen LogP contribution in [0.25, 0.3) is 11.3 Å². The molecule has 2 aromatic heterocycles. The molecule has 1 N–H and O–H groups in total. The summed E-state index contributed by atoms with van der Waals surface area (Å²) in [7, 11) is 0. The fraction of sp³-hybridized carbons (Fsp3) is 0.0833. The van der Waals surface area contributed by atoms with Crippen molar-refractivity contribution in [2.24, 2.45) is 0 Å². The van der Waals surface area contributed by atoms with Gasteiger partial charge in [-0.05, 0) is 60.5 Å². The van der Waals surface area contributed by atoms with Crippen LogP contribution in [-0.2, 0) is 6.42 Å². The smallest absolute Gasteiger partial charge is 0.276 e. The van der Waals surface area contributed by atoms with Gasteiger partial charge in [0.05, 0.1) is 5.69 Å². The fourth-order valence-electron chi connectivity index (χ4n) is 3.64. The Kier molecular flexibility index (Phi) is 5.20. The molecule has 0 bridgehead atoms. The maximum Gasteiger partial charge on any atom is 0.276 e. The Morgan fingerprint density at radius 1 is 1.06 bits per heavy atom. The quantitative estimate of drug-likeness (QED) is 0.491. The van der Waals surface area contributed by atoms with Crippen molar-refractivity contribution in [1.29, 1.82) is 0 Å². The molecule has 6 nitrogen and oxygen atoms in total. The molecule has 0 saturated carbocycles. The van der Waals surface area contributed by atoms with Crippen molar-refractivity contribution in [2.45, 2.75) is 6.42 Å². The summed E-state index contributed by atoms with van der Waals surface area (Å²) in [5.74, 6) is -0.827.